The molecule has 1 heterocycles. The normalized spacial score (nSPS) is 10.1. The zero-order valence-corrected chi connectivity index (χ0v) is 15.7. The van der Waals surface area contributed by atoms with Gasteiger partial charge in [-0.1, -0.05) is 6.07 Å². The summed E-state index contributed by atoms with van der Waals surface area (Å²) in [6, 6.07) is 16.4. The number of nitrogens with zero attached hydrogens (tertiary/aromatic N) is 1. The lowest BCUT2D eigenvalue weighted by Crippen LogP contribution is -2.23. The van der Waals surface area contributed by atoms with E-state index < -0.39 is 5.97 Å². The third-order valence-electron chi connectivity index (χ3n) is 4.15. The average Bonchev–Trinajstić information content (AvgIpc) is 2.78. The molecule has 0 aliphatic carbocycles. The third kappa shape index (κ3) is 5.26. The molecule has 0 aliphatic rings. The largest absolute Gasteiger partial charge is 0.465 e. The van der Waals surface area contributed by atoms with Crippen molar-refractivity contribution in [3.8, 4) is 0 Å². The molecule has 7 nitrogen and oxygen atoms in total. The fraction of sp³-hybridized carbons (Fsp3) is 0.0909. The van der Waals surface area contributed by atoms with Crippen LogP contribution >= 0.6 is 0 Å². The fourth-order valence-electron chi connectivity index (χ4n) is 2.60. The second kappa shape index (κ2) is 9.27. The van der Waals surface area contributed by atoms with E-state index >= 15 is 0 Å². The molecule has 3 rings (SSSR count). The Morgan fingerprint density at radius 2 is 1.52 bits per heavy atom. The molecular weight excluding hydrogens is 370 g/mol. The number of carbonyl (C=O) groups is 3. The predicted molar refractivity (Wildman–Crippen MR) is 108 cm³/mol. The van der Waals surface area contributed by atoms with Gasteiger partial charge < -0.3 is 15.4 Å². The van der Waals surface area contributed by atoms with Crippen molar-refractivity contribution in [2.45, 2.75) is 6.54 Å². The average molecular weight is 389 g/mol. The number of pyridine rings is 1. The van der Waals surface area contributed by atoms with Crippen LogP contribution < -0.4 is 10.6 Å². The summed E-state index contributed by atoms with van der Waals surface area (Å²) in [7, 11) is 1.30. The molecule has 0 radical (unpaired) electrons. The molecular formula is C22H19N3O4. The molecule has 0 fully saturated rings. The van der Waals surface area contributed by atoms with Crippen LogP contribution in [0.2, 0.25) is 0 Å². The van der Waals surface area contributed by atoms with Gasteiger partial charge >= 0.3 is 5.97 Å². The fourth-order valence-corrected chi connectivity index (χ4v) is 2.60. The van der Waals surface area contributed by atoms with E-state index in [9.17, 15) is 14.4 Å². The first-order valence-corrected chi connectivity index (χ1v) is 8.84. The number of esters is 1. The summed E-state index contributed by atoms with van der Waals surface area (Å²) in [4.78, 5) is 40.3. The highest BCUT2D eigenvalue weighted by Gasteiger charge is 2.11. The van der Waals surface area contributed by atoms with Gasteiger partial charge in [0.05, 0.1) is 12.7 Å². The molecule has 0 bridgehead atoms. The number of carbonyl (C=O) groups excluding carboxylic acids is 3. The number of anilines is 1. The minimum Gasteiger partial charge on any atom is -0.465 e. The molecule has 3 aromatic rings. The van der Waals surface area contributed by atoms with Crippen molar-refractivity contribution in [3.63, 3.8) is 0 Å². The van der Waals surface area contributed by atoms with Crippen molar-refractivity contribution in [2.24, 2.45) is 0 Å². The van der Waals surface area contributed by atoms with Gasteiger partial charge in [-0.15, -0.1) is 0 Å². The minimum absolute atomic E-state index is 0.279. The number of hydrogen-bond acceptors (Lipinski definition) is 5. The summed E-state index contributed by atoms with van der Waals surface area (Å²) in [5, 5.41) is 5.55. The number of aromatic nitrogens is 1. The highest BCUT2D eigenvalue weighted by molar-refractivity contribution is 6.06. The SMILES string of the molecule is COC(=O)c1ccc(NC(=O)c2cccc(C(=O)NCc3ccncc3)c2)cc1. The second-order valence-corrected chi connectivity index (χ2v) is 6.14. The summed E-state index contributed by atoms with van der Waals surface area (Å²) >= 11 is 0. The summed E-state index contributed by atoms with van der Waals surface area (Å²) in [5.41, 5.74) is 2.57. The van der Waals surface area contributed by atoms with Crippen molar-refractivity contribution in [2.75, 3.05) is 12.4 Å². The van der Waals surface area contributed by atoms with Gasteiger partial charge in [0.1, 0.15) is 0 Å². The van der Waals surface area contributed by atoms with Gasteiger partial charge in [0.15, 0.2) is 0 Å². The number of ether oxygens (including phenoxy) is 1. The Labute approximate surface area is 167 Å². The Kier molecular flexibility index (Phi) is 6.32. The molecule has 2 amide bonds. The van der Waals surface area contributed by atoms with Gasteiger partial charge in [0, 0.05) is 35.8 Å². The molecule has 29 heavy (non-hydrogen) atoms. The van der Waals surface area contributed by atoms with Gasteiger partial charge in [-0.25, -0.2) is 4.79 Å². The van der Waals surface area contributed by atoms with Gasteiger partial charge in [-0.2, -0.15) is 0 Å². The van der Waals surface area contributed by atoms with E-state index in [2.05, 4.69) is 20.4 Å². The van der Waals surface area contributed by atoms with E-state index in [1.54, 1.807) is 54.9 Å². The molecule has 1 aromatic heterocycles. The molecule has 0 saturated heterocycles. The van der Waals surface area contributed by atoms with Crippen molar-refractivity contribution < 1.29 is 19.1 Å². The molecule has 0 atom stereocenters. The van der Waals surface area contributed by atoms with E-state index in [-0.39, 0.29) is 11.8 Å². The zero-order chi connectivity index (χ0) is 20.6. The highest BCUT2D eigenvalue weighted by atomic mass is 16.5. The maximum Gasteiger partial charge on any atom is 0.337 e. The van der Waals surface area contributed by atoms with Crippen LogP contribution in [0.15, 0.2) is 73.1 Å². The molecule has 146 valence electrons. The van der Waals surface area contributed by atoms with Crippen molar-refractivity contribution in [1.29, 1.82) is 0 Å². The number of hydrogen-bond donors (Lipinski definition) is 2. The van der Waals surface area contributed by atoms with E-state index in [0.717, 1.165) is 5.56 Å². The standard InChI is InChI=1S/C22H19N3O4/c1-29-22(28)16-5-7-19(8-6-16)25-21(27)18-4-2-3-17(13-18)20(26)24-14-15-9-11-23-12-10-15/h2-13H,14H2,1H3,(H,24,26)(H,25,27). The maximum absolute atomic E-state index is 12.5. The Morgan fingerprint density at radius 3 is 2.17 bits per heavy atom. The quantitative estimate of drug-likeness (QED) is 0.632. The monoisotopic (exact) mass is 389 g/mol. The topological polar surface area (TPSA) is 97.4 Å². The summed E-state index contributed by atoms with van der Waals surface area (Å²) in [6.07, 6.45) is 3.31. The summed E-state index contributed by atoms with van der Waals surface area (Å²) in [6.45, 7) is 0.365. The van der Waals surface area contributed by atoms with E-state index in [4.69, 9.17) is 0 Å². The van der Waals surface area contributed by atoms with E-state index in [0.29, 0.717) is 28.9 Å². The molecule has 0 unspecified atom stereocenters. The lowest BCUT2D eigenvalue weighted by molar-refractivity contribution is 0.0600. The molecule has 0 spiro atoms. The molecule has 2 aromatic carbocycles. The first-order chi connectivity index (χ1) is 14.1. The number of benzene rings is 2. The second-order valence-electron chi connectivity index (χ2n) is 6.14. The van der Waals surface area contributed by atoms with Crippen LogP contribution in [0.4, 0.5) is 5.69 Å². The first kappa shape index (κ1) is 19.8. The van der Waals surface area contributed by atoms with Crippen LogP contribution in [0.5, 0.6) is 0 Å². The summed E-state index contributed by atoms with van der Waals surface area (Å²) < 4.78 is 4.64. The van der Waals surface area contributed by atoms with Crippen LogP contribution in [0, 0.1) is 0 Å². The van der Waals surface area contributed by atoms with Gasteiger partial charge in [-0.05, 0) is 60.2 Å². The molecule has 2 N–H and O–H groups in total. The highest BCUT2D eigenvalue weighted by Crippen LogP contribution is 2.13. The van der Waals surface area contributed by atoms with Crippen LogP contribution in [0.25, 0.3) is 0 Å². The first-order valence-electron chi connectivity index (χ1n) is 8.84. The van der Waals surface area contributed by atoms with Crippen molar-refractivity contribution >= 4 is 23.5 Å². The van der Waals surface area contributed by atoms with Gasteiger partial charge in [0.2, 0.25) is 0 Å². The zero-order valence-electron chi connectivity index (χ0n) is 15.7. The van der Waals surface area contributed by atoms with E-state index in [1.807, 2.05) is 12.1 Å². The van der Waals surface area contributed by atoms with Crippen molar-refractivity contribution in [3.05, 3.63) is 95.3 Å². The number of methoxy groups -OCH3 is 1. The van der Waals surface area contributed by atoms with E-state index in [1.165, 1.54) is 13.2 Å². The number of rotatable bonds is 6. The lowest BCUT2D eigenvalue weighted by atomic mass is 10.1. The third-order valence-corrected chi connectivity index (χ3v) is 4.15. The van der Waals surface area contributed by atoms with Crippen LogP contribution in [-0.4, -0.2) is 29.9 Å². The predicted octanol–water partition coefficient (Wildman–Crippen LogP) is 3.05. The Morgan fingerprint density at radius 1 is 0.862 bits per heavy atom. The molecule has 7 heteroatoms. The Hall–Kier alpha value is -4.00. The Balaban J connectivity index is 1.64. The minimum atomic E-state index is -0.451. The number of nitrogens with one attached hydrogen (secondary N) is 2. The lowest BCUT2D eigenvalue weighted by Gasteiger charge is -2.09. The molecule has 0 saturated carbocycles. The number of amides is 2. The van der Waals surface area contributed by atoms with Crippen LogP contribution in [0.3, 0.4) is 0 Å². The molecule has 0 aliphatic heterocycles. The van der Waals surface area contributed by atoms with Crippen molar-refractivity contribution in [1.82, 2.24) is 10.3 Å². The van der Waals surface area contributed by atoms with Gasteiger partial charge in [0.25, 0.3) is 11.8 Å². The summed E-state index contributed by atoms with van der Waals surface area (Å²) in [5.74, 6) is -1.09. The van der Waals surface area contributed by atoms with Crippen LogP contribution in [-0.2, 0) is 11.3 Å². The van der Waals surface area contributed by atoms with Crippen LogP contribution in [0.1, 0.15) is 36.6 Å². The maximum atomic E-state index is 12.5. The van der Waals surface area contributed by atoms with Gasteiger partial charge in [-0.3, -0.25) is 14.6 Å². The Bertz CT molecular complexity index is 1020. The smallest absolute Gasteiger partial charge is 0.337 e.